The van der Waals surface area contributed by atoms with Crippen LogP contribution in [0.15, 0.2) is 76.7 Å². The van der Waals surface area contributed by atoms with Crippen molar-refractivity contribution in [3.63, 3.8) is 0 Å². The number of pyridine rings is 1. The smallest absolute Gasteiger partial charge is 0.330 e. The summed E-state index contributed by atoms with van der Waals surface area (Å²) >= 11 is 0. The van der Waals surface area contributed by atoms with Gasteiger partial charge in [-0.25, -0.2) is 9.36 Å². The maximum absolute atomic E-state index is 12.1. The van der Waals surface area contributed by atoms with Gasteiger partial charge in [-0.15, -0.1) is 5.06 Å². The molecule has 1 N–H and O–H groups in total. The molecular weight excluding hydrogens is 634 g/mol. The van der Waals surface area contributed by atoms with Crippen molar-refractivity contribution in [2.75, 3.05) is 12.3 Å². The maximum atomic E-state index is 12.1. The lowest BCUT2D eigenvalue weighted by atomic mass is 9.82. The van der Waals surface area contributed by atoms with Crippen LogP contribution in [-0.2, 0) is 41.3 Å². The predicted molar refractivity (Wildman–Crippen MR) is 183 cm³/mol. The molecule has 3 aliphatic rings. The monoisotopic (exact) mass is 680 g/mol. The summed E-state index contributed by atoms with van der Waals surface area (Å²) in [5.74, 6) is -0.906. The first-order chi connectivity index (χ1) is 22.6. The first kappa shape index (κ1) is 36.6. The fourth-order valence-electron chi connectivity index (χ4n) is 5.72. The van der Waals surface area contributed by atoms with Crippen LogP contribution in [0.4, 0.5) is 5.82 Å². The average Bonchev–Trinajstić information content (AvgIpc) is 3.54. The van der Waals surface area contributed by atoms with Gasteiger partial charge in [-0.1, -0.05) is 30.4 Å². The Balaban J connectivity index is 1.30. The molecule has 0 aliphatic carbocycles. The van der Waals surface area contributed by atoms with Crippen LogP contribution < -0.4 is 4.57 Å². The van der Waals surface area contributed by atoms with E-state index in [1.807, 2.05) is 61.7 Å². The van der Waals surface area contributed by atoms with E-state index in [0.29, 0.717) is 18.0 Å². The van der Waals surface area contributed by atoms with Crippen molar-refractivity contribution in [2.24, 2.45) is 15.5 Å². The third kappa shape index (κ3) is 9.01. The lowest BCUT2D eigenvalue weighted by molar-refractivity contribution is -0.684. The largest absolute Gasteiger partial charge is 0.333 e. The van der Waals surface area contributed by atoms with Gasteiger partial charge in [0.25, 0.3) is 21.9 Å². The van der Waals surface area contributed by atoms with Crippen molar-refractivity contribution in [1.29, 1.82) is 0 Å². The molecule has 0 aromatic carbocycles. The molecule has 0 saturated carbocycles. The van der Waals surface area contributed by atoms with Crippen LogP contribution >= 0.6 is 0 Å². The zero-order chi connectivity index (χ0) is 35.1. The van der Waals surface area contributed by atoms with Crippen LogP contribution in [0.5, 0.6) is 0 Å². The zero-order valence-corrected chi connectivity index (χ0v) is 29.2. The maximum Gasteiger partial charge on any atom is 0.333 e. The quantitative estimate of drug-likeness (QED) is 0.0889. The third-order valence-corrected chi connectivity index (χ3v) is 9.68. The highest BCUT2D eigenvalue weighted by Crippen LogP contribution is 2.38. The van der Waals surface area contributed by atoms with Crippen LogP contribution in [0.25, 0.3) is 0 Å². The summed E-state index contributed by atoms with van der Waals surface area (Å²) in [5.41, 5.74) is 3.41. The minimum atomic E-state index is -4.01. The van der Waals surface area contributed by atoms with Crippen LogP contribution in [0, 0.1) is 5.41 Å². The average molecular weight is 681 g/mol. The topological polar surface area (TPSA) is 150 Å². The number of fused-ring (bicyclic) bond motifs is 1. The number of hydrogen-bond acceptors (Lipinski definition) is 9. The molecule has 1 aromatic heterocycles. The molecule has 1 fully saturated rings. The molecule has 258 valence electrons. The Morgan fingerprint density at radius 3 is 2.40 bits per heavy atom. The van der Waals surface area contributed by atoms with Crippen LogP contribution in [0.3, 0.4) is 0 Å². The van der Waals surface area contributed by atoms with E-state index in [4.69, 9.17) is 14.4 Å². The number of aryl methyl sites for hydroxylation is 1. The zero-order valence-electron chi connectivity index (χ0n) is 28.4. The summed E-state index contributed by atoms with van der Waals surface area (Å²) in [7, 11) is -4.01. The van der Waals surface area contributed by atoms with E-state index in [1.54, 1.807) is 5.01 Å². The molecule has 3 aliphatic heterocycles. The number of aromatic nitrogens is 1. The van der Waals surface area contributed by atoms with Crippen LogP contribution in [0.2, 0.25) is 0 Å². The van der Waals surface area contributed by atoms with E-state index in [2.05, 4.69) is 43.4 Å². The molecular formula is C35H46N5O7S+. The number of carbonyl (C=O) groups is 3. The molecule has 2 amide bonds. The predicted octanol–water partition coefficient (Wildman–Crippen LogP) is 5.05. The van der Waals surface area contributed by atoms with Crippen molar-refractivity contribution in [3.8, 4) is 0 Å². The van der Waals surface area contributed by atoms with Gasteiger partial charge in [-0.05, 0) is 89.6 Å². The number of amides is 2. The molecule has 0 spiro atoms. The SMILES string of the molecule is CC1=NN(CCCS(=O)(=O)O)C(=CC=CC=CC=CC2=Nc3c(ccc[n+]3CCCCCC(=O)ON3C(=O)CCC3=O)C2(C)C)C1(C)C. The first-order valence-electron chi connectivity index (χ1n) is 16.3. The number of imide groups is 1. The fraction of sp³-hybridized carbons (Fsp3) is 0.486. The number of aliphatic imine (C=N–C) groups is 1. The van der Waals surface area contributed by atoms with Gasteiger partial charge in [0.15, 0.2) is 5.71 Å². The van der Waals surface area contributed by atoms with Gasteiger partial charge >= 0.3 is 11.8 Å². The van der Waals surface area contributed by atoms with E-state index < -0.39 is 27.9 Å². The van der Waals surface area contributed by atoms with E-state index in [9.17, 15) is 22.8 Å². The Morgan fingerprint density at radius 1 is 1.00 bits per heavy atom. The van der Waals surface area contributed by atoms with Crippen molar-refractivity contribution in [3.05, 3.63) is 72.1 Å². The molecule has 0 atom stereocenters. The van der Waals surface area contributed by atoms with Gasteiger partial charge in [0.05, 0.1) is 29.5 Å². The second-order valence-electron chi connectivity index (χ2n) is 13.2. The minimum absolute atomic E-state index is 0.0804. The van der Waals surface area contributed by atoms with Crippen molar-refractivity contribution in [1.82, 2.24) is 10.1 Å². The van der Waals surface area contributed by atoms with Crippen molar-refractivity contribution >= 4 is 45.1 Å². The number of rotatable bonds is 15. The molecule has 4 rings (SSSR count). The van der Waals surface area contributed by atoms with E-state index in [0.717, 1.165) is 47.9 Å². The van der Waals surface area contributed by atoms with Gasteiger partial charge in [-0.3, -0.25) is 19.2 Å². The second-order valence-corrected chi connectivity index (χ2v) is 14.7. The highest BCUT2D eigenvalue weighted by molar-refractivity contribution is 7.85. The third-order valence-electron chi connectivity index (χ3n) is 8.88. The minimum Gasteiger partial charge on any atom is -0.330 e. The molecule has 0 unspecified atom stereocenters. The Bertz CT molecular complexity index is 1700. The Kier molecular flexibility index (Phi) is 11.7. The number of carbonyl (C=O) groups excluding carboxylic acids is 3. The van der Waals surface area contributed by atoms with E-state index >= 15 is 0 Å². The normalized spacial score (nSPS) is 19.8. The molecule has 13 heteroatoms. The molecule has 12 nitrogen and oxygen atoms in total. The van der Waals surface area contributed by atoms with Gasteiger partial charge in [0.2, 0.25) is 0 Å². The van der Waals surface area contributed by atoms with Crippen LogP contribution in [0.1, 0.15) is 85.1 Å². The van der Waals surface area contributed by atoms with Gasteiger partial charge in [-0.2, -0.15) is 13.5 Å². The lowest BCUT2D eigenvalue weighted by Crippen LogP contribution is -2.35. The Morgan fingerprint density at radius 2 is 1.69 bits per heavy atom. The molecule has 1 aromatic rings. The number of allylic oxidation sites excluding steroid dienone is 8. The molecule has 4 heterocycles. The fourth-order valence-corrected chi connectivity index (χ4v) is 6.22. The standard InChI is InChI=1S/C35H45N5O7S/c1-26-34(2,3)29(39(37-26)24-15-25-48(44,45)46)18-11-8-6-7-10-17-28-35(4,5)27-16-14-23-38(33(27)36-28)22-13-9-12-19-32(43)47-40-30(41)20-21-31(40)42/h6-8,10-11,14,16-18,23H,9,12-13,15,19-22,24-25H2,1-5H3/p+1. The lowest BCUT2D eigenvalue weighted by Gasteiger charge is -2.24. The summed E-state index contributed by atoms with van der Waals surface area (Å²) in [6, 6.07) is 4.12. The van der Waals surface area contributed by atoms with Crippen molar-refractivity contribution < 1.29 is 36.8 Å². The van der Waals surface area contributed by atoms with Gasteiger partial charge in [0.1, 0.15) is 0 Å². The number of nitrogens with zero attached hydrogens (tertiary/aromatic N) is 5. The number of hydrazone groups is 1. The van der Waals surface area contributed by atoms with Crippen molar-refractivity contribution in [2.45, 2.75) is 91.5 Å². The summed E-state index contributed by atoms with van der Waals surface area (Å²) in [6.45, 7) is 11.5. The summed E-state index contributed by atoms with van der Waals surface area (Å²) in [4.78, 5) is 45.2. The van der Waals surface area contributed by atoms with Crippen LogP contribution in [-0.4, -0.2) is 64.5 Å². The molecule has 0 radical (unpaired) electrons. The number of hydrogen-bond donors (Lipinski definition) is 1. The van der Waals surface area contributed by atoms with E-state index in [1.165, 1.54) is 0 Å². The van der Waals surface area contributed by atoms with E-state index in [-0.39, 0.29) is 42.3 Å². The summed E-state index contributed by atoms with van der Waals surface area (Å²) in [6.07, 6.45) is 18.5. The summed E-state index contributed by atoms with van der Waals surface area (Å²) in [5, 5.41) is 6.99. The first-order valence-corrected chi connectivity index (χ1v) is 17.9. The molecule has 1 saturated heterocycles. The highest BCUT2D eigenvalue weighted by Gasteiger charge is 2.42. The molecule has 48 heavy (non-hydrogen) atoms. The second kappa shape index (κ2) is 15.3. The van der Waals surface area contributed by atoms with Gasteiger partial charge in [0, 0.05) is 42.6 Å². The number of unbranched alkanes of at least 4 members (excludes halogenated alkanes) is 2. The summed E-state index contributed by atoms with van der Waals surface area (Å²) < 4.78 is 33.4. The Labute approximate surface area is 282 Å². The Hall–Kier alpha value is -4.23. The highest BCUT2D eigenvalue weighted by atomic mass is 32.2. The molecule has 0 bridgehead atoms. The number of hydroxylamine groups is 2. The van der Waals surface area contributed by atoms with Gasteiger partial charge < -0.3 is 4.84 Å².